The molecule has 1 aromatic heterocycles. The number of aromatic nitrogens is 1. The number of anilines is 1. The number of nitrogens with zero attached hydrogens (tertiary/aromatic N) is 2. The number of hydrogen-bond donors (Lipinski definition) is 0. The number of benzene rings is 4. The lowest BCUT2D eigenvalue weighted by atomic mass is 9.92. The molecular formula is C36H32F4N2O5S2. The van der Waals surface area contributed by atoms with Gasteiger partial charge in [0.15, 0.2) is 19.7 Å². The van der Waals surface area contributed by atoms with E-state index in [0.29, 0.717) is 45.3 Å². The summed E-state index contributed by atoms with van der Waals surface area (Å²) in [6.07, 6.45) is -1.27. The van der Waals surface area contributed by atoms with E-state index in [1.807, 2.05) is 6.07 Å². The number of carbonyl (C=O) groups is 1. The summed E-state index contributed by atoms with van der Waals surface area (Å²) in [7, 11) is -7.15. The molecule has 0 aliphatic rings. The first-order chi connectivity index (χ1) is 22.7. The zero-order chi connectivity index (χ0) is 36.1. The standard InChI is InChI=1S/C36H32F4N2O5S2/c1-22(23-8-6-9-24(18-23)30-21-27(35(2,3)49(5,46)47)19-25-10-7-17-41-33(25)30)42(28-12-14-29(15-13-28)48(4,44)45)34(43)26-11-16-32(37)31(20-26)36(38,39)40/h6-22H,1-5H3. The van der Waals surface area contributed by atoms with Crippen LogP contribution in [0.2, 0.25) is 0 Å². The van der Waals surface area contributed by atoms with E-state index in [-0.39, 0.29) is 10.6 Å². The second-order valence-electron chi connectivity index (χ2n) is 12.3. The van der Waals surface area contributed by atoms with Gasteiger partial charge in [-0.05, 0) is 104 Å². The summed E-state index contributed by atoms with van der Waals surface area (Å²) >= 11 is 0. The summed E-state index contributed by atoms with van der Waals surface area (Å²) in [6, 6.07) is 20.5. The Kier molecular flexibility index (Phi) is 9.24. The van der Waals surface area contributed by atoms with E-state index < -0.39 is 59.5 Å². The Labute approximate surface area is 282 Å². The summed E-state index contributed by atoms with van der Waals surface area (Å²) in [5, 5.41) is 0.699. The lowest BCUT2D eigenvalue weighted by Gasteiger charge is -2.31. The van der Waals surface area contributed by atoms with Crippen molar-refractivity contribution in [3.05, 3.63) is 125 Å². The van der Waals surface area contributed by atoms with Crippen molar-refractivity contribution in [3.8, 4) is 11.1 Å². The van der Waals surface area contributed by atoms with Crippen LogP contribution in [0.5, 0.6) is 0 Å². The van der Waals surface area contributed by atoms with Crippen LogP contribution in [-0.2, 0) is 30.6 Å². The van der Waals surface area contributed by atoms with Crippen molar-refractivity contribution >= 4 is 42.2 Å². The predicted molar refractivity (Wildman–Crippen MR) is 181 cm³/mol. The Morgan fingerprint density at radius 1 is 0.837 bits per heavy atom. The molecule has 0 aliphatic carbocycles. The molecule has 13 heteroatoms. The van der Waals surface area contributed by atoms with Crippen molar-refractivity contribution in [2.75, 3.05) is 17.4 Å². The molecule has 0 saturated carbocycles. The maximum atomic E-state index is 14.2. The summed E-state index contributed by atoms with van der Waals surface area (Å²) < 4.78 is 104. The highest BCUT2D eigenvalue weighted by molar-refractivity contribution is 7.91. The predicted octanol–water partition coefficient (Wildman–Crippen LogP) is 8.15. The summed E-state index contributed by atoms with van der Waals surface area (Å²) in [4.78, 5) is 19.8. The minimum absolute atomic E-state index is 0.0317. The molecule has 4 aromatic carbocycles. The molecule has 0 bridgehead atoms. The van der Waals surface area contributed by atoms with Crippen molar-refractivity contribution in [1.82, 2.24) is 4.98 Å². The van der Waals surface area contributed by atoms with E-state index in [4.69, 9.17) is 0 Å². The molecule has 7 nitrogen and oxygen atoms in total. The first-order valence-electron chi connectivity index (χ1n) is 14.9. The molecule has 1 atom stereocenters. The second kappa shape index (κ2) is 12.7. The molecule has 49 heavy (non-hydrogen) atoms. The summed E-state index contributed by atoms with van der Waals surface area (Å²) in [5.74, 6) is -2.42. The Balaban J connectivity index is 1.67. The van der Waals surface area contributed by atoms with Gasteiger partial charge in [0.25, 0.3) is 5.91 Å². The number of rotatable bonds is 8. The van der Waals surface area contributed by atoms with Gasteiger partial charge in [0.2, 0.25) is 0 Å². The van der Waals surface area contributed by atoms with Crippen LogP contribution in [-0.4, -0.2) is 40.2 Å². The molecule has 1 heterocycles. The number of hydrogen-bond acceptors (Lipinski definition) is 6. The highest BCUT2D eigenvalue weighted by atomic mass is 32.2. The molecule has 5 aromatic rings. The molecule has 0 spiro atoms. The maximum Gasteiger partial charge on any atom is 0.419 e. The van der Waals surface area contributed by atoms with Gasteiger partial charge in [0, 0.05) is 40.9 Å². The minimum Gasteiger partial charge on any atom is -0.301 e. The fourth-order valence-corrected chi connectivity index (χ4v) is 6.65. The van der Waals surface area contributed by atoms with Crippen molar-refractivity contribution < 1.29 is 39.2 Å². The van der Waals surface area contributed by atoms with E-state index in [0.717, 1.165) is 18.6 Å². The van der Waals surface area contributed by atoms with Gasteiger partial charge in [-0.2, -0.15) is 13.2 Å². The highest BCUT2D eigenvalue weighted by Gasteiger charge is 2.36. The fourth-order valence-electron chi connectivity index (χ4n) is 5.47. The quantitative estimate of drug-likeness (QED) is 0.151. The summed E-state index contributed by atoms with van der Waals surface area (Å²) in [5.41, 5.74) is 1.04. The van der Waals surface area contributed by atoms with Gasteiger partial charge in [0.1, 0.15) is 5.82 Å². The van der Waals surface area contributed by atoms with Crippen molar-refractivity contribution in [1.29, 1.82) is 0 Å². The van der Waals surface area contributed by atoms with Crippen LogP contribution in [0.25, 0.3) is 22.0 Å². The lowest BCUT2D eigenvalue weighted by Crippen LogP contribution is -2.34. The molecule has 1 unspecified atom stereocenters. The van der Waals surface area contributed by atoms with Crippen molar-refractivity contribution in [2.45, 2.75) is 42.6 Å². The van der Waals surface area contributed by atoms with Crippen LogP contribution >= 0.6 is 0 Å². The molecule has 0 N–H and O–H groups in total. The first-order valence-corrected chi connectivity index (χ1v) is 18.7. The van der Waals surface area contributed by atoms with E-state index >= 15 is 0 Å². The third kappa shape index (κ3) is 7.09. The second-order valence-corrected chi connectivity index (χ2v) is 16.9. The molecule has 0 fully saturated rings. The third-order valence-electron chi connectivity index (χ3n) is 8.67. The van der Waals surface area contributed by atoms with E-state index in [1.54, 1.807) is 69.4 Å². The molecular weight excluding hydrogens is 681 g/mol. The van der Waals surface area contributed by atoms with Crippen molar-refractivity contribution in [3.63, 3.8) is 0 Å². The van der Waals surface area contributed by atoms with Crippen molar-refractivity contribution in [2.24, 2.45) is 0 Å². The van der Waals surface area contributed by atoms with Gasteiger partial charge < -0.3 is 4.90 Å². The van der Waals surface area contributed by atoms with E-state index in [2.05, 4.69) is 4.98 Å². The largest absolute Gasteiger partial charge is 0.419 e. The van der Waals surface area contributed by atoms with Crippen LogP contribution in [0.3, 0.4) is 0 Å². The minimum atomic E-state index is -5.06. The lowest BCUT2D eigenvalue weighted by molar-refractivity contribution is -0.140. The Hall–Kier alpha value is -4.62. The number of alkyl halides is 3. The van der Waals surface area contributed by atoms with E-state index in [1.165, 1.54) is 29.2 Å². The zero-order valence-electron chi connectivity index (χ0n) is 27.1. The van der Waals surface area contributed by atoms with Gasteiger partial charge in [-0.1, -0.05) is 24.3 Å². The fraction of sp³-hybridized carbons (Fsp3) is 0.222. The van der Waals surface area contributed by atoms with Crippen LogP contribution < -0.4 is 4.90 Å². The molecule has 0 saturated heterocycles. The molecule has 1 amide bonds. The topological polar surface area (TPSA) is 101 Å². The SMILES string of the molecule is CC(c1cccc(-c2cc(C(C)(C)S(C)(=O)=O)cc3cccnc23)c1)N(C(=O)c1ccc(F)c(C(F)(F)F)c1)c1ccc(S(C)(=O)=O)cc1. The number of halogens is 4. The van der Waals surface area contributed by atoms with Gasteiger partial charge in [-0.3, -0.25) is 9.78 Å². The molecule has 256 valence electrons. The Morgan fingerprint density at radius 3 is 2.12 bits per heavy atom. The average molecular weight is 713 g/mol. The Bertz CT molecular complexity index is 2310. The maximum absolute atomic E-state index is 14.2. The number of amides is 1. The van der Waals surface area contributed by atoms with Crippen LogP contribution in [0.1, 0.15) is 53.9 Å². The van der Waals surface area contributed by atoms with Gasteiger partial charge in [0.05, 0.1) is 26.8 Å². The Morgan fingerprint density at radius 2 is 1.51 bits per heavy atom. The monoisotopic (exact) mass is 712 g/mol. The smallest absolute Gasteiger partial charge is 0.301 e. The highest BCUT2D eigenvalue weighted by Crippen LogP contribution is 2.39. The number of pyridine rings is 1. The number of sulfone groups is 2. The summed E-state index contributed by atoms with van der Waals surface area (Å²) in [6.45, 7) is 4.87. The third-order valence-corrected chi connectivity index (χ3v) is 11.9. The van der Waals surface area contributed by atoms with Gasteiger partial charge in [-0.25, -0.2) is 21.2 Å². The molecule has 5 rings (SSSR count). The first kappa shape index (κ1) is 35.7. The van der Waals surface area contributed by atoms with E-state index in [9.17, 15) is 39.2 Å². The zero-order valence-corrected chi connectivity index (χ0v) is 28.7. The van der Waals surface area contributed by atoms with Crippen LogP contribution in [0.4, 0.5) is 23.2 Å². The van der Waals surface area contributed by atoms with Crippen LogP contribution in [0.15, 0.2) is 102 Å². The molecule has 0 radical (unpaired) electrons. The van der Waals surface area contributed by atoms with Gasteiger partial charge in [-0.15, -0.1) is 0 Å². The normalized spacial score (nSPS) is 13.3. The van der Waals surface area contributed by atoms with Gasteiger partial charge >= 0.3 is 6.18 Å². The molecule has 0 aliphatic heterocycles. The average Bonchev–Trinajstić information content (AvgIpc) is 3.03. The number of carbonyl (C=O) groups excluding carboxylic acids is 1. The number of fused-ring (bicyclic) bond motifs is 1. The van der Waals surface area contributed by atoms with Crippen LogP contribution in [0, 0.1) is 5.82 Å².